The highest BCUT2D eigenvalue weighted by molar-refractivity contribution is 6.31. The van der Waals surface area contributed by atoms with Gasteiger partial charge in [0.1, 0.15) is 0 Å². The van der Waals surface area contributed by atoms with E-state index >= 15 is 0 Å². The van der Waals surface area contributed by atoms with Gasteiger partial charge >= 0.3 is 0 Å². The van der Waals surface area contributed by atoms with Crippen molar-refractivity contribution in [3.63, 3.8) is 0 Å². The number of nitro groups is 1. The van der Waals surface area contributed by atoms with Crippen LogP contribution >= 0.6 is 23.2 Å². The third kappa shape index (κ3) is 2.83. The summed E-state index contributed by atoms with van der Waals surface area (Å²) in [6, 6.07) is 4.45. The highest BCUT2D eigenvalue weighted by Gasteiger charge is 2.17. The second-order valence-corrected chi connectivity index (χ2v) is 4.52. The number of hydrogen-bond acceptors (Lipinski definition) is 2. The number of hydrogen-bond donors (Lipinski definition) is 0. The van der Waals surface area contributed by atoms with Gasteiger partial charge in [-0.3, -0.25) is 10.1 Å². The van der Waals surface area contributed by atoms with Crippen molar-refractivity contribution in [3.05, 3.63) is 38.9 Å². The van der Waals surface area contributed by atoms with Crippen molar-refractivity contribution in [1.82, 2.24) is 0 Å². The minimum absolute atomic E-state index is 0.00169. The van der Waals surface area contributed by atoms with Crippen molar-refractivity contribution in [2.24, 2.45) is 0 Å². The van der Waals surface area contributed by atoms with E-state index in [4.69, 9.17) is 23.2 Å². The number of rotatable bonds is 3. The van der Waals surface area contributed by atoms with Gasteiger partial charge in [-0.15, -0.1) is 11.6 Å². The first-order valence-electron chi connectivity index (χ1n) is 4.51. The molecule has 2 atom stereocenters. The maximum Gasteiger partial charge on any atom is 0.270 e. The highest BCUT2D eigenvalue weighted by atomic mass is 35.5. The molecule has 0 aliphatic carbocycles. The summed E-state index contributed by atoms with van der Waals surface area (Å²) in [5.41, 5.74) is 0.836. The molecule has 0 N–H and O–H groups in total. The number of nitro benzene ring substituents is 1. The zero-order chi connectivity index (χ0) is 11.6. The van der Waals surface area contributed by atoms with E-state index in [0.717, 1.165) is 5.56 Å². The van der Waals surface area contributed by atoms with Crippen molar-refractivity contribution in [2.75, 3.05) is 0 Å². The predicted octanol–water partition coefficient (Wildman–Crippen LogP) is 3.98. The minimum Gasteiger partial charge on any atom is -0.258 e. The molecule has 5 heteroatoms. The van der Waals surface area contributed by atoms with E-state index in [2.05, 4.69) is 0 Å². The van der Waals surface area contributed by atoms with Crippen LogP contribution in [-0.2, 0) is 0 Å². The highest BCUT2D eigenvalue weighted by Crippen LogP contribution is 2.31. The Morgan fingerprint density at radius 2 is 2.00 bits per heavy atom. The lowest BCUT2D eigenvalue weighted by Crippen LogP contribution is -2.05. The van der Waals surface area contributed by atoms with Gasteiger partial charge in [0, 0.05) is 17.5 Å². The fraction of sp³-hybridized carbons (Fsp3) is 0.400. The Kier molecular flexibility index (Phi) is 3.94. The van der Waals surface area contributed by atoms with Crippen molar-refractivity contribution >= 4 is 28.9 Å². The molecule has 0 fully saturated rings. The van der Waals surface area contributed by atoms with Gasteiger partial charge in [-0.2, -0.15) is 0 Å². The van der Waals surface area contributed by atoms with E-state index in [9.17, 15) is 10.1 Å². The zero-order valence-electron chi connectivity index (χ0n) is 8.41. The smallest absolute Gasteiger partial charge is 0.258 e. The fourth-order valence-corrected chi connectivity index (χ4v) is 1.73. The maximum absolute atomic E-state index is 10.5. The maximum atomic E-state index is 10.5. The van der Waals surface area contributed by atoms with Crippen LogP contribution in [0.5, 0.6) is 0 Å². The van der Waals surface area contributed by atoms with Gasteiger partial charge in [0.15, 0.2) is 0 Å². The average molecular weight is 248 g/mol. The van der Waals surface area contributed by atoms with E-state index < -0.39 is 4.92 Å². The van der Waals surface area contributed by atoms with Crippen LogP contribution < -0.4 is 0 Å². The third-order valence-electron chi connectivity index (χ3n) is 2.37. The molecule has 0 bridgehead atoms. The molecule has 1 aromatic carbocycles. The Morgan fingerprint density at radius 3 is 2.40 bits per heavy atom. The number of benzene rings is 1. The summed E-state index contributed by atoms with van der Waals surface area (Å²) in [5.74, 6) is 0.0694. The predicted molar refractivity (Wildman–Crippen MR) is 61.8 cm³/mol. The molecular weight excluding hydrogens is 237 g/mol. The standard InChI is InChI=1S/C10H11Cl2NO2/c1-6(7(2)11)9-4-3-8(13(14)15)5-10(9)12/h3-7H,1-2H3. The van der Waals surface area contributed by atoms with E-state index in [1.54, 1.807) is 6.07 Å². The molecule has 0 spiro atoms. The normalized spacial score (nSPS) is 14.7. The van der Waals surface area contributed by atoms with Crippen LogP contribution in [0.4, 0.5) is 5.69 Å². The van der Waals surface area contributed by atoms with Gasteiger partial charge in [-0.05, 0) is 18.4 Å². The summed E-state index contributed by atoms with van der Waals surface area (Å²) >= 11 is 11.9. The van der Waals surface area contributed by atoms with E-state index in [-0.39, 0.29) is 17.0 Å². The number of nitrogens with zero attached hydrogens (tertiary/aromatic N) is 1. The molecule has 0 aliphatic rings. The zero-order valence-corrected chi connectivity index (χ0v) is 9.92. The molecule has 2 unspecified atom stereocenters. The van der Waals surface area contributed by atoms with Crippen LogP contribution in [0.1, 0.15) is 25.3 Å². The Labute approximate surface area is 98.2 Å². The van der Waals surface area contributed by atoms with Gasteiger partial charge in [0.2, 0.25) is 0 Å². The minimum atomic E-state index is -0.468. The van der Waals surface area contributed by atoms with Crippen molar-refractivity contribution in [3.8, 4) is 0 Å². The molecule has 0 aliphatic heterocycles. The molecule has 82 valence electrons. The average Bonchev–Trinajstić information content (AvgIpc) is 2.16. The summed E-state index contributed by atoms with van der Waals surface area (Å²) < 4.78 is 0. The lowest BCUT2D eigenvalue weighted by Gasteiger charge is -2.15. The van der Waals surface area contributed by atoms with E-state index in [0.29, 0.717) is 5.02 Å². The van der Waals surface area contributed by atoms with E-state index in [1.807, 2.05) is 13.8 Å². The number of non-ortho nitro benzene ring substituents is 1. The summed E-state index contributed by atoms with van der Waals surface area (Å²) in [5, 5.41) is 10.8. The molecule has 3 nitrogen and oxygen atoms in total. The Hall–Kier alpha value is -0.800. The first kappa shape index (κ1) is 12.3. The van der Waals surface area contributed by atoms with Crippen LogP contribution in [0.2, 0.25) is 5.02 Å². The summed E-state index contributed by atoms with van der Waals surface area (Å²) in [6.45, 7) is 3.80. The summed E-state index contributed by atoms with van der Waals surface area (Å²) in [6.07, 6.45) is 0. The largest absolute Gasteiger partial charge is 0.270 e. The van der Waals surface area contributed by atoms with Crippen LogP contribution in [0, 0.1) is 10.1 Å². The first-order valence-corrected chi connectivity index (χ1v) is 5.33. The first-order chi connectivity index (χ1) is 6.93. The molecule has 0 aromatic heterocycles. The van der Waals surface area contributed by atoms with E-state index in [1.165, 1.54) is 12.1 Å². The number of alkyl halides is 1. The van der Waals surface area contributed by atoms with Crippen LogP contribution in [0.3, 0.4) is 0 Å². The second kappa shape index (κ2) is 4.81. The molecule has 0 amide bonds. The van der Waals surface area contributed by atoms with Crippen molar-refractivity contribution < 1.29 is 4.92 Å². The monoisotopic (exact) mass is 247 g/mol. The molecular formula is C10H11Cl2NO2. The Balaban J connectivity index is 3.08. The fourth-order valence-electron chi connectivity index (χ4n) is 1.25. The molecule has 1 rings (SSSR count). The molecule has 15 heavy (non-hydrogen) atoms. The molecule has 0 heterocycles. The third-order valence-corrected chi connectivity index (χ3v) is 3.08. The van der Waals surface area contributed by atoms with Crippen molar-refractivity contribution in [2.45, 2.75) is 25.1 Å². The lowest BCUT2D eigenvalue weighted by atomic mass is 9.98. The summed E-state index contributed by atoms with van der Waals surface area (Å²) in [4.78, 5) is 10.0. The molecule has 0 saturated heterocycles. The lowest BCUT2D eigenvalue weighted by molar-refractivity contribution is -0.384. The van der Waals surface area contributed by atoms with Gasteiger partial charge in [-0.1, -0.05) is 24.6 Å². The SMILES string of the molecule is CC(Cl)C(C)c1ccc([N+](=O)[O-])cc1Cl. The van der Waals surface area contributed by atoms with Crippen molar-refractivity contribution in [1.29, 1.82) is 0 Å². The molecule has 1 aromatic rings. The van der Waals surface area contributed by atoms with Gasteiger partial charge in [0.25, 0.3) is 5.69 Å². The molecule has 0 radical (unpaired) electrons. The Bertz CT molecular complexity index is 380. The second-order valence-electron chi connectivity index (χ2n) is 3.43. The van der Waals surface area contributed by atoms with Crippen LogP contribution in [-0.4, -0.2) is 10.3 Å². The van der Waals surface area contributed by atoms with Gasteiger partial charge < -0.3 is 0 Å². The topological polar surface area (TPSA) is 43.1 Å². The summed E-state index contributed by atoms with van der Waals surface area (Å²) in [7, 11) is 0. The van der Waals surface area contributed by atoms with Crippen LogP contribution in [0.15, 0.2) is 18.2 Å². The molecule has 0 saturated carbocycles. The van der Waals surface area contributed by atoms with Gasteiger partial charge in [-0.25, -0.2) is 0 Å². The van der Waals surface area contributed by atoms with Gasteiger partial charge in [0.05, 0.1) is 9.95 Å². The number of halogens is 2. The Morgan fingerprint density at radius 1 is 1.40 bits per heavy atom. The quantitative estimate of drug-likeness (QED) is 0.461. The van der Waals surface area contributed by atoms with Crippen LogP contribution in [0.25, 0.3) is 0 Å².